The van der Waals surface area contributed by atoms with E-state index in [-0.39, 0.29) is 18.0 Å². The number of carbonyl (C=O) groups excluding carboxylic acids is 2. The molecule has 0 aromatic carbocycles. The molecule has 2 atom stereocenters. The van der Waals surface area contributed by atoms with Crippen LogP contribution in [0, 0.1) is 0 Å². The molecule has 0 heterocycles. The number of carbonyl (C=O) groups is 3. The summed E-state index contributed by atoms with van der Waals surface area (Å²) in [5.41, 5.74) is 5.50. The standard InChI is InChI=1S/C51H92N2O5/c1-3-5-7-9-11-13-15-17-18-19-20-21-22-24-26-28-30-35-39-45-50(55)58-47(41-36-32-29-27-25-23-16-14-12-10-8-6-4-2)42-37-33-31-34-38-44-49(54)53-48(51(56)57)43-40-46-52/h5,7,11,13,17-18,20-21,47-48H,3-4,6,8-10,12,14-16,19,22-46,52H2,1-2H3,(H,53,54)(H,56,57)/b7-5-,13-11-,18-17-,21-20-. The van der Waals surface area contributed by atoms with Crippen molar-refractivity contribution in [3.8, 4) is 0 Å². The molecule has 0 aliphatic rings. The van der Waals surface area contributed by atoms with Gasteiger partial charge in [0.05, 0.1) is 0 Å². The van der Waals surface area contributed by atoms with Crippen LogP contribution in [0.2, 0.25) is 0 Å². The van der Waals surface area contributed by atoms with Gasteiger partial charge < -0.3 is 20.9 Å². The van der Waals surface area contributed by atoms with Gasteiger partial charge in [0.25, 0.3) is 0 Å². The van der Waals surface area contributed by atoms with Gasteiger partial charge in [-0.15, -0.1) is 0 Å². The first kappa shape index (κ1) is 55.3. The van der Waals surface area contributed by atoms with E-state index < -0.39 is 12.0 Å². The second kappa shape index (κ2) is 45.4. The number of carboxylic acid groups (broad SMARTS) is 1. The van der Waals surface area contributed by atoms with E-state index in [1.54, 1.807) is 0 Å². The van der Waals surface area contributed by atoms with Crippen LogP contribution in [0.5, 0.6) is 0 Å². The molecule has 0 aliphatic heterocycles. The molecule has 0 rings (SSSR count). The number of ether oxygens (including phenoxy) is 1. The summed E-state index contributed by atoms with van der Waals surface area (Å²) in [6.45, 7) is 4.85. The van der Waals surface area contributed by atoms with E-state index in [2.05, 4.69) is 67.8 Å². The molecule has 0 spiro atoms. The van der Waals surface area contributed by atoms with Crippen molar-refractivity contribution in [2.75, 3.05) is 6.54 Å². The second-order valence-electron chi connectivity index (χ2n) is 16.5. The minimum absolute atomic E-state index is 0.00539. The molecule has 0 aliphatic carbocycles. The van der Waals surface area contributed by atoms with Gasteiger partial charge >= 0.3 is 11.9 Å². The zero-order chi connectivity index (χ0) is 42.4. The van der Waals surface area contributed by atoms with Gasteiger partial charge in [0.2, 0.25) is 5.91 Å². The average molecular weight is 813 g/mol. The molecule has 0 saturated heterocycles. The number of esters is 1. The number of allylic oxidation sites excluding steroid dienone is 8. The molecular weight excluding hydrogens is 721 g/mol. The minimum atomic E-state index is -1.00. The van der Waals surface area contributed by atoms with Crippen molar-refractivity contribution in [1.29, 1.82) is 0 Å². The molecule has 2 unspecified atom stereocenters. The molecule has 0 radical (unpaired) electrons. The monoisotopic (exact) mass is 813 g/mol. The summed E-state index contributed by atoms with van der Waals surface area (Å²) in [4.78, 5) is 36.5. The van der Waals surface area contributed by atoms with Gasteiger partial charge in [0.15, 0.2) is 0 Å². The lowest BCUT2D eigenvalue weighted by Gasteiger charge is -2.18. The number of nitrogens with one attached hydrogen (secondary N) is 1. The van der Waals surface area contributed by atoms with Crippen molar-refractivity contribution in [2.45, 2.75) is 251 Å². The van der Waals surface area contributed by atoms with E-state index in [1.807, 2.05) is 0 Å². The van der Waals surface area contributed by atoms with Crippen LogP contribution in [0.15, 0.2) is 48.6 Å². The van der Waals surface area contributed by atoms with Crippen LogP contribution in [0.4, 0.5) is 0 Å². The lowest BCUT2D eigenvalue weighted by molar-refractivity contribution is -0.150. The van der Waals surface area contributed by atoms with Gasteiger partial charge in [0, 0.05) is 12.8 Å². The van der Waals surface area contributed by atoms with Gasteiger partial charge in [-0.1, -0.05) is 184 Å². The Kier molecular flexibility index (Phi) is 43.3. The molecule has 4 N–H and O–H groups in total. The van der Waals surface area contributed by atoms with Crippen LogP contribution in [-0.4, -0.2) is 41.6 Å². The molecule has 0 aromatic rings. The van der Waals surface area contributed by atoms with E-state index in [0.29, 0.717) is 32.2 Å². The molecule has 7 heteroatoms. The van der Waals surface area contributed by atoms with Crippen LogP contribution in [-0.2, 0) is 19.1 Å². The Morgan fingerprint density at radius 2 is 0.948 bits per heavy atom. The molecule has 0 fully saturated rings. The molecule has 0 saturated carbocycles. The first-order valence-corrected chi connectivity index (χ1v) is 24.5. The second-order valence-corrected chi connectivity index (χ2v) is 16.5. The average Bonchev–Trinajstić information content (AvgIpc) is 3.21. The van der Waals surface area contributed by atoms with E-state index in [0.717, 1.165) is 96.3 Å². The van der Waals surface area contributed by atoms with Gasteiger partial charge in [-0.2, -0.15) is 0 Å². The number of carboxylic acids is 1. The summed E-state index contributed by atoms with van der Waals surface area (Å²) in [5.74, 6) is -1.24. The third-order valence-corrected chi connectivity index (χ3v) is 10.9. The zero-order valence-corrected chi connectivity index (χ0v) is 37.9. The Morgan fingerprint density at radius 3 is 1.43 bits per heavy atom. The summed E-state index contributed by atoms with van der Waals surface area (Å²) in [6.07, 6.45) is 55.9. The molecule has 336 valence electrons. The van der Waals surface area contributed by atoms with Gasteiger partial charge in [0.1, 0.15) is 12.1 Å². The lowest BCUT2D eigenvalue weighted by Crippen LogP contribution is -2.40. The predicted molar refractivity (Wildman–Crippen MR) is 248 cm³/mol. The third kappa shape index (κ3) is 41.5. The Hall–Kier alpha value is -2.67. The molecule has 0 aromatic heterocycles. The molecule has 0 bridgehead atoms. The molecule has 58 heavy (non-hydrogen) atoms. The topological polar surface area (TPSA) is 119 Å². The fraction of sp³-hybridized carbons (Fsp3) is 0.784. The van der Waals surface area contributed by atoms with E-state index in [9.17, 15) is 19.5 Å². The van der Waals surface area contributed by atoms with Crippen LogP contribution in [0.25, 0.3) is 0 Å². The van der Waals surface area contributed by atoms with Crippen LogP contribution >= 0.6 is 0 Å². The number of hydrogen-bond acceptors (Lipinski definition) is 5. The SMILES string of the molecule is CC/C=C\C/C=C\C/C=C\C/C=C\CCCCCCCCC(=O)OC(CCCCCCCCCCCCCCC)CCCCCCCC(=O)NC(CCCN)C(=O)O. The highest BCUT2D eigenvalue weighted by molar-refractivity contribution is 5.83. The Balaban J connectivity index is 4.31. The van der Waals surface area contributed by atoms with Crippen LogP contribution < -0.4 is 11.1 Å². The summed E-state index contributed by atoms with van der Waals surface area (Å²) >= 11 is 0. The Morgan fingerprint density at radius 1 is 0.517 bits per heavy atom. The van der Waals surface area contributed by atoms with Crippen molar-refractivity contribution >= 4 is 17.8 Å². The van der Waals surface area contributed by atoms with Gasteiger partial charge in [-0.3, -0.25) is 9.59 Å². The summed E-state index contributed by atoms with van der Waals surface area (Å²) in [7, 11) is 0. The number of aliphatic carboxylic acids is 1. The summed E-state index contributed by atoms with van der Waals surface area (Å²) < 4.78 is 6.07. The molecule has 7 nitrogen and oxygen atoms in total. The van der Waals surface area contributed by atoms with E-state index in [4.69, 9.17) is 10.5 Å². The molecule has 1 amide bonds. The highest BCUT2D eigenvalue weighted by atomic mass is 16.5. The Labute approximate surface area is 358 Å². The van der Waals surface area contributed by atoms with Crippen molar-refractivity contribution in [2.24, 2.45) is 5.73 Å². The maximum absolute atomic E-state index is 12.9. The first-order chi connectivity index (χ1) is 28.4. The largest absolute Gasteiger partial charge is 0.480 e. The number of amides is 1. The molecular formula is C51H92N2O5. The highest BCUT2D eigenvalue weighted by Gasteiger charge is 2.19. The van der Waals surface area contributed by atoms with Crippen molar-refractivity contribution < 1.29 is 24.2 Å². The van der Waals surface area contributed by atoms with Gasteiger partial charge in [-0.05, 0) is 96.4 Å². The summed E-state index contributed by atoms with van der Waals surface area (Å²) in [5, 5.41) is 12.0. The smallest absolute Gasteiger partial charge is 0.326 e. The fourth-order valence-corrected chi connectivity index (χ4v) is 7.27. The maximum Gasteiger partial charge on any atom is 0.326 e. The van der Waals surface area contributed by atoms with Crippen molar-refractivity contribution in [3.63, 3.8) is 0 Å². The number of hydrogen-bond donors (Lipinski definition) is 3. The first-order valence-electron chi connectivity index (χ1n) is 24.5. The normalized spacial score (nSPS) is 13.0. The summed E-state index contributed by atoms with van der Waals surface area (Å²) in [6, 6.07) is -0.858. The predicted octanol–water partition coefficient (Wildman–Crippen LogP) is 14.3. The van der Waals surface area contributed by atoms with E-state index >= 15 is 0 Å². The Bertz CT molecular complexity index is 1050. The maximum atomic E-state index is 12.9. The number of nitrogens with two attached hydrogens (primary N) is 1. The quantitative estimate of drug-likeness (QED) is 0.0320. The van der Waals surface area contributed by atoms with Crippen molar-refractivity contribution in [1.82, 2.24) is 5.32 Å². The fourth-order valence-electron chi connectivity index (χ4n) is 7.27. The third-order valence-electron chi connectivity index (χ3n) is 10.9. The highest BCUT2D eigenvalue weighted by Crippen LogP contribution is 2.19. The van der Waals surface area contributed by atoms with Crippen molar-refractivity contribution in [3.05, 3.63) is 48.6 Å². The van der Waals surface area contributed by atoms with Crippen LogP contribution in [0.3, 0.4) is 0 Å². The zero-order valence-electron chi connectivity index (χ0n) is 37.9. The van der Waals surface area contributed by atoms with Crippen LogP contribution in [0.1, 0.15) is 239 Å². The van der Waals surface area contributed by atoms with E-state index in [1.165, 1.54) is 103 Å². The lowest BCUT2D eigenvalue weighted by atomic mass is 10.0. The number of rotatable bonds is 44. The van der Waals surface area contributed by atoms with Gasteiger partial charge in [-0.25, -0.2) is 4.79 Å². The number of unbranched alkanes of at least 4 members (excludes halogenated alkanes) is 22. The minimum Gasteiger partial charge on any atom is -0.480 e.